The minimum atomic E-state index is -0.806. The summed E-state index contributed by atoms with van der Waals surface area (Å²) in [4.78, 5) is 2.24. The van der Waals surface area contributed by atoms with Crippen molar-refractivity contribution in [3.63, 3.8) is 0 Å². The van der Waals surface area contributed by atoms with Crippen molar-refractivity contribution in [3.8, 4) is 0 Å². The topological polar surface area (TPSA) is 23.5 Å². The maximum absolute atomic E-state index is 13.1. The molecule has 19 heavy (non-hydrogen) atoms. The van der Waals surface area contributed by atoms with Gasteiger partial charge in [0.25, 0.3) is 0 Å². The number of likely N-dealkylation sites (tertiary alicyclic amines) is 1. The largest absolute Gasteiger partial charge is 0.389 e. The molecule has 1 fully saturated rings. The quantitative estimate of drug-likeness (QED) is 0.908. The highest BCUT2D eigenvalue weighted by Gasteiger charge is 2.35. The first-order chi connectivity index (χ1) is 8.88. The summed E-state index contributed by atoms with van der Waals surface area (Å²) in [5.74, 6) is -1.60. The SMILES string of the molecule is CC(C)(O)C1CCCN1CCc1ccc(F)c(F)c1. The van der Waals surface area contributed by atoms with E-state index in [-0.39, 0.29) is 6.04 Å². The standard InChI is InChI=1S/C15H21F2NO/c1-15(2,19)14-4-3-8-18(14)9-7-11-5-6-12(16)13(17)10-11/h5-6,10,14,19H,3-4,7-9H2,1-2H3. The third-order valence-electron chi connectivity index (χ3n) is 3.85. The van der Waals surface area contributed by atoms with Crippen LogP contribution in [0.15, 0.2) is 18.2 Å². The normalized spacial score (nSPS) is 21.0. The summed E-state index contributed by atoms with van der Waals surface area (Å²) in [5, 5.41) is 10.1. The number of benzene rings is 1. The number of hydrogen-bond donors (Lipinski definition) is 1. The van der Waals surface area contributed by atoms with E-state index < -0.39 is 17.2 Å². The molecule has 0 aromatic heterocycles. The van der Waals surface area contributed by atoms with Crippen LogP contribution in [0.5, 0.6) is 0 Å². The molecule has 1 unspecified atom stereocenters. The molecule has 1 aliphatic rings. The monoisotopic (exact) mass is 269 g/mol. The van der Waals surface area contributed by atoms with E-state index in [0.29, 0.717) is 6.42 Å². The molecule has 1 saturated heterocycles. The summed E-state index contributed by atoms with van der Waals surface area (Å²) >= 11 is 0. The van der Waals surface area contributed by atoms with Crippen LogP contribution in [0.1, 0.15) is 32.3 Å². The van der Waals surface area contributed by atoms with Crippen molar-refractivity contribution < 1.29 is 13.9 Å². The number of aliphatic hydroxyl groups is 1. The van der Waals surface area contributed by atoms with Crippen LogP contribution in [-0.4, -0.2) is 34.7 Å². The summed E-state index contributed by atoms with van der Waals surface area (Å²) < 4.78 is 26.0. The smallest absolute Gasteiger partial charge is 0.159 e. The fourth-order valence-electron chi connectivity index (χ4n) is 2.86. The minimum Gasteiger partial charge on any atom is -0.389 e. The second kappa shape index (κ2) is 5.55. The Morgan fingerprint density at radius 1 is 1.32 bits per heavy atom. The summed E-state index contributed by atoms with van der Waals surface area (Å²) in [6.45, 7) is 5.37. The van der Waals surface area contributed by atoms with Gasteiger partial charge in [0.1, 0.15) is 0 Å². The highest BCUT2D eigenvalue weighted by molar-refractivity contribution is 5.18. The first-order valence-corrected chi connectivity index (χ1v) is 6.78. The predicted octanol–water partition coefficient (Wildman–Crippen LogP) is 2.74. The Bertz CT molecular complexity index is 442. The number of nitrogens with zero attached hydrogens (tertiary/aromatic N) is 1. The van der Waals surface area contributed by atoms with Crippen LogP contribution in [0.25, 0.3) is 0 Å². The van der Waals surface area contributed by atoms with Gasteiger partial charge in [0.2, 0.25) is 0 Å². The lowest BCUT2D eigenvalue weighted by atomic mass is 9.96. The first-order valence-electron chi connectivity index (χ1n) is 6.78. The molecule has 0 bridgehead atoms. The van der Waals surface area contributed by atoms with Crippen molar-refractivity contribution in [1.29, 1.82) is 0 Å². The number of hydrogen-bond acceptors (Lipinski definition) is 2. The summed E-state index contributed by atoms with van der Waals surface area (Å²) in [5.41, 5.74) is 0.0742. The molecule has 0 aliphatic carbocycles. The van der Waals surface area contributed by atoms with Crippen LogP contribution in [-0.2, 0) is 6.42 Å². The van der Waals surface area contributed by atoms with Gasteiger partial charge in [0.05, 0.1) is 5.60 Å². The van der Waals surface area contributed by atoms with Crippen LogP contribution in [0, 0.1) is 11.6 Å². The van der Waals surface area contributed by atoms with Gasteiger partial charge in [0, 0.05) is 12.6 Å². The van der Waals surface area contributed by atoms with Crippen molar-refractivity contribution in [3.05, 3.63) is 35.4 Å². The molecule has 4 heteroatoms. The van der Waals surface area contributed by atoms with Crippen molar-refractivity contribution >= 4 is 0 Å². The van der Waals surface area contributed by atoms with Crippen molar-refractivity contribution in [2.45, 2.75) is 44.8 Å². The zero-order chi connectivity index (χ0) is 14.0. The van der Waals surface area contributed by atoms with E-state index in [1.165, 1.54) is 12.1 Å². The fourth-order valence-corrected chi connectivity index (χ4v) is 2.86. The Labute approximate surface area is 113 Å². The lowest BCUT2D eigenvalue weighted by Gasteiger charge is -2.33. The van der Waals surface area contributed by atoms with Crippen molar-refractivity contribution in [2.24, 2.45) is 0 Å². The van der Waals surface area contributed by atoms with Gasteiger partial charge in [-0.2, -0.15) is 0 Å². The molecular formula is C15H21F2NO. The highest BCUT2D eigenvalue weighted by Crippen LogP contribution is 2.26. The zero-order valence-corrected chi connectivity index (χ0v) is 11.5. The second-order valence-corrected chi connectivity index (χ2v) is 5.85. The first kappa shape index (κ1) is 14.4. The Morgan fingerprint density at radius 2 is 2.05 bits per heavy atom. The highest BCUT2D eigenvalue weighted by atomic mass is 19.2. The third-order valence-corrected chi connectivity index (χ3v) is 3.85. The predicted molar refractivity (Wildman–Crippen MR) is 71.0 cm³/mol. The lowest BCUT2D eigenvalue weighted by Crippen LogP contribution is -2.46. The molecule has 1 aromatic rings. The molecule has 2 rings (SSSR count). The average Bonchev–Trinajstić information content (AvgIpc) is 2.79. The summed E-state index contributed by atoms with van der Waals surface area (Å²) in [6.07, 6.45) is 2.73. The fraction of sp³-hybridized carbons (Fsp3) is 0.600. The van der Waals surface area contributed by atoms with E-state index in [2.05, 4.69) is 4.90 Å². The van der Waals surface area contributed by atoms with Crippen molar-refractivity contribution in [2.75, 3.05) is 13.1 Å². The number of halogens is 2. The van der Waals surface area contributed by atoms with E-state index in [1.807, 2.05) is 13.8 Å². The van der Waals surface area contributed by atoms with E-state index in [9.17, 15) is 13.9 Å². The van der Waals surface area contributed by atoms with Gasteiger partial charge in [-0.25, -0.2) is 8.78 Å². The molecular weight excluding hydrogens is 248 g/mol. The van der Waals surface area contributed by atoms with Gasteiger partial charge in [-0.1, -0.05) is 6.07 Å². The lowest BCUT2D eigenvalue weighted by molar-refractivity contribution is -0.00196. The minimum absolute atomic E-state index is 0.151. The van der Waals surface area contributed by atoms with Crippen LogP contribution >= 0.6 is 0 Å². The van der Waals surface area contributed by atoms with Crippen LogP contribution < -0.4 is 0 Å². The number of rotatable bonds is 4. The van der Waals surface area contributed by atoms with Gasteiger partial charge in [-0.15, -0.1) is 0 Å². The third kappa shape index (κ3) is 3.51. The van der Waals surface area contributed by atoms with Gasteiger partial charge >= 0.3 is 0 Å². The second-order valence-electron chi connectivity index (χ2n) is 5.85. The van der Waals surface area contributed by atoms with E-state index >= 15 is 0 Å². The molecule has 106 valence electrons. The van der Waals surface area contributed by atoms with Crippen LogP contribution in [0.3, 0.4) is 0 Å². The maximum Gasteiger partial charge on any atom is 0.159 e. The average molecular weight is 269 g/mol. The Hall–Kier alpha value is -1.00. The Kier molecular flexibility index (Phi) is 4.21. The summed E-state index contributed by atoms with van der Waals surface area (Å²) in [7, 11) is 0. The summed E-state index contributed by atoms with van der Waals surface area (Å²) in [6, 6.07) is 4.19. The molecule has 0 radical (unpaired) electrons. The zero-order valence-electron chi connectivity index (χ0n) is 11.5. The van der Waals surface area contributed by atoms with Crippen LogP contribution in [0.4, 0.5) is 8.78 Å². The van der Waals surface area contributed by atoms with E-state index in [1.54, 1.807) is 6.07 Å². The van der Waals surface area contributed by atoms with E-state index in [4.69, 9.17) is 0 Å². The molecule has 0 saturated carbocycles. The molecule has 1 aliphatic heterocycles. The molecule has 1 atom stereocenters. The molecule has 2 nitrogen and oxygen atoms in total. The molecule has 1 N–H and O–H groups in total. The molecule has 0 spiro atoms. The van der Waals surface area contributed by atoms with Crippen molar-refractivity contribution in [1.82, 2.24) is 4.90 Å². The Morgan fingerprint density at radius 3 is 2.68 bits per heavy atom. The molecule has 0 amide bonds. The maximum atomic E-state index is 13.1. The Balaban J connectivity index is 1.96. The molecule has 1 aromatic carbocycles. The van der Waals surface area contributed by atoms with Gasteiger partial charge < -0.3 is 5.11 Å². The van der Waals surface area contributed by atoms with Gasteiger partial charge in [-0.3, -0.25) is 4.90 Å². The van der Waals surface area contributed by atoms with Gasteiger partial charge in [-0.05, 0) is 57.4 Å². The van der Waals surface area contributed by atoms with Gasteiger partial charge in [0.15, 0.2) is 11.6 Å². The molecule has 1 heterocycles. The van der Waals surface area contributed by atoms with Crippen LogP contribution in [0.2, 0.25) is 0 Å². The van der Waals surface area contributed by atoms with E-state index in [0.717, 1.165) is 31.5 Å².